The van der Waals surface area contributed by atoms with Crippen LogP contribution in [0.15, 0.2) is 11.6 Å². The smallest absolute Gasteiger partial charge is 0.0577 e. The zero-order chi connectivity index (χ0) is 20.1. The van der Waals surface area contributed by atoms with Crippen molar-refractivity contribution in [1.29, 1.82) is 0 Å². The van der Waals surface area contributed by atoms with Gasteiger partial charge in [-0.3, -0.25) is 0 Å². The molecule has 0 heterocycles. The second-order valence-corrected chi connectivity index (χ2v) is 12.2. The average Bonchev–Trinajstić information content (AvgIpc) is 2.99. The Balaban J connectivity index is 1.49. The normalized spacial score (nSPS) is 46.5. The van der Waals surface area contributed by atoms with Gasteiger partial charge in [0.05, 0.1) is 6.10 Å². The van der Waals surface area contributed by atoms with Crippen LogP contribution in [0.25, 0.3) is 0 Å². The number of aliphatic hydroxyl groups excluding tert-OH is 1. The van der Waals surface area contributed by atoms with Gasteiger partial charge in [0, 0.05) is 0 Å². The van der Waals surface area contributed by atoms with Crippen LogP contribution in [0.5, 0.6) is 0 Å². The summed E-state index contributed by atoms with van der Waals surface area (Å²) in [6.45, 7) is 12.6. The van der Waals surface area contributed by atoms with Crippen LogP contribution in [0.3, 0.4) is 0 Å². The molecule has 0 aromatic heterocycles. The standard InChI is InChI=1S/C27H46O/c1-18(2)7-6-8-19(3)23-11-12-24-22-10-9-20-17-21(28)13-15-26(20,4)25(22)14-16-27(23,24)5/h9,18-19,21-25,28H,6-8,10-17H2,1-5H3/t19-,21-,22-,23+,24-,25-,26-,27+/m0/s1/i3+2. The van der Waals surface area contributed by atoms with Crippen molar-refractivity contribution in [2.75, 3.05) is 0 Å². The summed E-state index contributed by atoms with van der Waals surface area (Å²) in [6.07, 6.45) is 17.2. The number of allylic oxidation sites excluding steroid dienone is 1. The summed E-state index contributed by atoms with van der Waals surface area (Å²) in [5, 5.41) is 10.2. The molecule has 160 valence electrons. The zero-order valence-corrected chi connectivity index (χ0v) is 19.3. The highest BCUT2D eigenvalue weighted by atomic mass is 16.3. The Morgan fingerprint density at radius 1 is 1.07 bits per heavy atom. The maximum Gasteiger partial charge on any atom is 0.0577 e. The van der Waals surface area contributed by atoms with Gasteiger partial charge in [0.1, 0.15) is 0 Å². The monoisotopic (exact) mass is 388 g/mol. The van der Waals surface area contributed by atoms with Crippen LogP contribution in [0.1, 0.15) is 105 Å². The molecule has 1 nitrogen and oxygen atoms in total. The number of aliphatic hydroxyl groups is 1. The fourth-order valence-corrected chi connectivity index (χ4v) is 8.67. The largest absolute Gasteiger partial charge is 0.393 e. The molecule has 3 fully saturated rings. The third kappa shape index (κ3) is 3.42. The van der Waals surface area contributed by atoms with E-state index in [1.807, 2.05) is 0 Å². The van der Waals surface area contributed by atoms with E-state index in [0.29, 0.717) is 10.8 Å². The van der Waals surface area contributed by atoms with Gasteiger partial charge in [-0.1, -0.05) is 65.5 Å². The minimum absolute atomic E-state index is 0.0766. The minimum atomic E-state index is -0.0766. The van der Waals surface area contributed by atoms with Gasteiger partial charge >= 0.3 is 0 Å². The van der Waals surface area contributed by atoms with Crippen molar-refractivity contribution in [2.24, 2.45) is 46.3 Å². The Labute approximate surface area is 174 Å². The van der Waals surface area contributed by atoms with E-state index < -0.39 is 0 Å². The fourth-order valence-electron chi connectivity index (χ4n) is 8.67. The summed E-state index contributed by atoms with van der Waals surface area (Å²) in [5.41, 5.74) is 2.60. The SMILES string of the molecule is CC(C)CCC[C@H]([14CH3])[C@H]1CC[C@H]2[C@@H]3CC=C4C[C@@H](O)CC[C@]4(C)[C@H]3CC[C@]12C. The van der Waals surface area contributed by atoms with Crippen molar-refractivity contribution in [3.8, 4) is 0 Å². The van der Waals surface area contributed by atoms with E-state index in [0.717, 1.165) is 48.3 Å². The summed E-state index contributed by atoms with van der Waals surface area (Å²) in [7, 11) is 0. The van der Waals surface area contributed by atoms with Gasteiger partial charge in [0.2, 0.25) is 0 Å². The molecular formula is C27H46O. The predicted molar refractivity (Wildman–Crippen MR) is 119 cm³/mol. The number of hydrogen-bond donors (Lipinski definition) is 1. The molecule has 0 aromatic carbocycles. The maximum atomic E-state index is 10.2. The van der Waals surface area contributed by atoms with E-state index in [4.69, 9.17) is 0 Å². The molecule has 4 aliphatic carbocycles. The van der Waals surface area contributed by atoms with Crippen molar-refractivity contribution in [3.63, 3.8) is 0 Å². The third-order valence-electron chi connectivity index (χ3n) is 10.3. The highest BCUT2D eigenvalue weighted by Gasteiger charge is 2.59. The molecule has 4 aliphatic rings. The van der Waals surface area contributed by atoms with Crippen LogP contribution in [-0.2, 0) is 0 Å². The van der Waals surface area contributed by atoms with Gasteiger partial charge in [-0.05, 0) is 97.7 Å². The molecule has 0 aromatic rings. The van der Waals surface area contributed by atoms with Crippen LogP contribution < -0.4 is 0 Å². The van der Waals surface area contributed by atoms with E-state index in [9.17, 15) is 5.11 Å². The highest BCUT2D eigenvalue weighted by Crippen LogP contribution is 2.67. The van der Waals surface area contributed by atoms with Crippen LogP contribution in [0.2, 0.25) is 0 Å². The highest BCUT2D eigenvalue weighted by molar-refractivity contribution is 5.25. The summed E-state index contributed by atoms with van der Waals surface area (Å²) in [4.78, 5) is 0. The fraction of sp³-hybridized carbons (Fsp3) is 0.926. The van der Waals surface area contributed by atoms with Crippen molar-refractivity contribution in [2.45, 2.75) is 111 Å². The molecule has 4 rings (SSSR count). The van der Waals surface area contributed by atoms with Crippen molar-refractivity contribution < 1.29 is 5.11 Å². The lowest BCUT2D eigenvalue weighted by Crippen LogP contribution is -2.50. The van der Waals surface area contributed by atoms with Gasteiger partial charge in [0.25, 0.3) is 0 Å². The van der Waals surface area contributed by atoms with Crippen LogP contribution >= 0.6 is 0 Å². The van der Waals surface area contributed by atoms with Gasteiger partial charge in [-0.2, -0.15) is 0 Å². The second kappa shape index (κ2) is 7.75. The van der Waals surface area contributed by atoms with E-state index in [1.54, 1.807) is 5.57 Å². The average molecular weight is 389 g/mol. The molecule has 0 radical (unpaired) electrons. The summed E-state index contributed by atoms with van der Waals surface area (Å²) in [5.74, 6) is 5.46. The van der Waals surface area contributed by atoms with E-state index >= 15 is 0 Å². The lowest BCUT2D eigenvalue weighted by atomic mass is 9.47. The second-order valence-electron chi connectivity index (χ2n) is 12.2. The minimum Gasteiger partial charge on any atom is -0.393 e. The van der Waals surface area contributed by atoms with E-state index in [1.165, 1.54) is 57.8 Å². The molecule has 0 saturated heterocycles. The van der Waals surface area contributed by atoms with Gasteiger partial charge in [0.15, 0.2) is 0 Å². The molecule has 0 amide bonds. The number of fused-ring (bicyclic) bond motifs is 5. The van der Waals surface area contributed by atoms with Crippen LogP contribution in [0, 0.1) is 46.3 Å². The van der Waals surface area contributed by atoms with Crippen molar-refractivity contribution >= 4 is 0 Å². The first-order valence-corrected chi connectivity index (χ1v) is 12.6. The molecule has 3 saturated carbocycles. The lowest BCUT2D eigenvalue weighted by molar-refractivity contribution is -0.0573. The Morgan fingerprint density at radius 3 is 2.61 bits per heavy atom. The Morgan fingerprint density at radius 2 is 1.86 bits per heavy atom. The van der Waals surface area contributed by atoms with Crippen LogP contribution in [0.4, 0.5) is 0 Å². The molecule has 0 spiro atoms. The Kier molecular flexibility index (Phi) is 5.80. The molecule has 8 atom stereocenters. The molecular weight excluding hydrogens is 342 g/mol. The molecule has 0 aliphatic heterocycles. The first kappa shape index (κ1) is 21.0. The number of hydrogen-bond acceptors (Lipinski definition) is 1. The first-order valence-electron chi connectivity index (χ1n) is 12.6. The lowest BCUT2D eigenvalue weighted by Gasteiger charge is -2.58. The zero-order valence-electron chi connectivity index (χ0n) is 19.3. The molecule has 28 heavy (non-hydrogen) atoms. The molecule has 0 bridgehead atoms. The topological polar surface area (TPSA) is 20.2 Å². The van der Waals surface area contributed by atoms with Gasteiger partial charge < -0.3 is 5.11 Å². The molecule has 1 N–H and O–H groups in total. The first-order chi connectivity index (χ1) is 13.3. The Hall–Kier alpha value is -0.300. The third-order valence-corrected chi connectivity index (χ3v) is 10.3. The van der Waals surface area contributed by atoms with Crippen molar-refractivity contribution in [3.05, 3.63) is 11.6 Å². The van der Waals surface area contributed by atoms with Crippen molar-refractivity contribution in [1.82, 2.24) is 0 Å². The van der Waals surface area contributed by atoms with Gasteiger partial charge in [-0.15, -0.1) is 0 Å². The van der Waals surface area contributed by atoms with Gasteiger partial charge in [-0.25, -0.2) is 0 Å². The van der Waals surface area contributed by atoms with Crippen LogP contribution in [-0.4, -0.2) is 11.2 Å². The Bertz CT molecular complexity index is 591. The quantitative estimate of drug-likeness (QED) is 0.487. The van der Waals surface area contributed by atoms with E-state index in [2.05, 4.69) is 40.7 Å². The summed E-state index contributed by atoms with van der Waals surface area (Å²) in [6, 6.07) is 0. The predicted octanol–water partition coefficient (Wildman–Crippen LogP) is 7.39. The number of rotatable bonds is 5. The summed E-state index contributed by atoms with van der Waals surface area (Å²) < 4.78 is 0. The molecule has 0 unspecified atom stereocenters. The summed E-state index contributed by atoms with van der Waals surface area (Å²) >= 11 is 0. The van der Waals surface area contributed by atoms with E-state index in [-0.39, 0.29) is 6.10 Å². The maximum absolute atomic E-state index is 10.2. The molecule has 1 heteroatoms.